The Morgan fingerprint density at radius 1 is 1.17 bits per heavy atom. The maximum atomic E-state index is 12.2. The molecule has 1 aliphatic carbocycles. The van der Waals surface area contributed by atoms with Crippen LogP contribution in [0.1, 0.15) is 49.3 Å². The van der Waals surface area contributed by atoms with Crippen LogP contribution in [0.5, 0.6) is 0 Å². The number of amides is 2. The Hall–Kier alpha value is -2.34. The normalized spacial score (nSPS) is 15.2. The fourth-order valence-corrected chi connectivity index (χ4v) is 3.25. The van der Waals surface area contributed by atoms with E-state index in [1.807, 2.05) is 35.0 Å². The Morgan fingerprint density at radius 2 is 1.92 bits per heavy atom. The monoisotopic (exact) mass is 328 g/mol. The topological polar surface area (TPSA) is 79.2 Å². The van der Waals surface area contributed by atoms with Crippen LogP contribution in [0.25, 0.3) is 0 Å². The second-order valence-corrected chi connectivity index (χ2v) is 6.19. The molecule has 2 aromatic rings. The van der Waals surface area contributed by atoms with Gasteiger partial charge < -0.3 is 10.4 Å². The summed E-state index contributed by atoms with van der Waals surface area (Å²) in [6, 6.07) is 9.46. The SMILES string of the molecule is O=C(NCc1ccccc1CO)Nc1ccnn1C1CCCCC1. The number of aromatic nitrogens is 2. The van der Waals surface area contributed by atoms with Crippen LogP contribution in [0.3, 0.4) is 0 Å². The molecule has 1 saturated carbocycles. The average molecular weight is 328 g/mol. The van der Waals surface area contributed by atoms with Crippen LogP contribution >= 0.6 is 0 Å². The molecule has 0 atom stereocenters. The zero-order chi connectivity index (χ0) is 16.8. The summed E-state index contributed by atoms with van der Waals surface area (Å²) in [7, 11) is 0. The fourth-order valence-electron chi connectivity index (χ4n) is 3.25. The number of nitrogens with one attached hydrogen (secondary N) is 2. The van der Waals surface area contributed by atoms with E-state index in [0.717, 1.165) is 29.8 Å². The number of hydrogen-bond donors (Lipinski definition) is 3. The molecule has 0 aliphatic heterocycles. The van der Waals surface area contributed by atoms with Crippen LogP contribution in [-0.2, 0) is 13.2 Å². The fraction of sp³-hybridized carbons (Fsp3) is 0.444. The number of hydrogen-bond acceptors (Lipinski definition) is 3. The molecular weight excluding hydrogens is 304 g/mol. The smallest absolute Gasteiger partial charge is 0.320 e. The third-order valence-electron chi connectivity index (χ3n) is 4.56. The minimum Gasteiger partial charge on any atom is -0.392 e. The van der Waals surface area contributed by atoms with E-state index >= 15 is 0 Å². The van der Waals surface area contributed by atoms with E-state index < -0.39 is 0 Å². The molecule has 1 aliphatic rings. The summed E-state index contributed by atoms with van der Waals surface area (Å²) in [4.78, 5) is 12.2. The van der Waals surface area contributed by atoms with Gasteiger partial charge in [0.15, 0.2) is 0 Å². The zero-order valence-corrected chi connectivity index (χ0v) is 13.7. The lowest BCUT2D eigenvalue weighted by Crippen LogP contribution is -2.30. The molecule has 6 nitrogen and oxygen atoms in total. The summed E-state index contributed by atoms with van der Waals surface area (Å²) in [5.74, 6) is 0.731. The van der Waals surface area contributed by atoms with Crippen LogP contribution in [0.15, 0.2) is 36.5 Å². The van der Waals surface area contributed by atoms with Crippen molar-refractivity contribution in [1.29, 1.82) is 0 Å². The summed E-state index contributed by atoms with van der Waals surface area (Å²) < 4.78 is 1.93. The van der Waals surface area contributed by atoms with Gasteiger partial charge in [0.1, 0.15) is 5.82 Å². The Morgan fingerprint density at radius 3 is 2.67 bits per heavy atom. The van der Waals surface area contributed by atoms with Crippen LogP contribution in [0, 0.1) is 0 Å². The Bertz CT molecular complexity index is 677. The van der Waals surface area contributed by atoms with Gasteiger partial charge in [-0.3, -0.25) is 5.32 Å². The van der Waals surface area contributed by atoms with Gasteiger partial charge in [-0.25, -0.2) is 9.48 Å². The Balaban J connectivity index is 1.58. The van der Waals surface area contributed by atoms with Crippen molar-refractivity contribution in [2.75, 3.05) is 5.32 Å². The molecule has 3 N–H and O–H groups in total. The second kappa shape index (κ2) is 7.97. The van der Waals surface area contributed by atoms with Gasteiger partial charge in [0.2, 0.25) is 0 Å². The van der Waals surface area contributed by atoms with E-state index in [1.165, 1.54) is 19.3 Å². The highest BCUT2D eigenvalue weighted by molar-refractivity contribution is 5.88. The largest absolute Gasteiger partial charge is 0.392 e. The van der Waals surface area contributed by atoms with Crippen molar-refractivity contribution < 1.29 is 9.90 Å². The maximum absolute atomic E-state index is 12.2. The van der Waals surface area contributed by atoms with Crippen LogP contribution in [0.4, 0.5) is 10.6 Å². The number of carbonyl (C=O) groups excluding carboxylic acids is 1. The maximum Gasteiger partial charge on any atom is 0.320 e. The first-order chi connectivity index (χ1) is 11.8. The molecule has 3 rings (SSSR count). The first-order valence-corrected chi connectivity index (χ1v) is 8.54. The van der Waals surface area contributed by atoms with Crippen molar-refractivity contribution in [2.45, 2.75) is 51.3 Å². The number of nitrogens with zero attached hydrogens (tertiary/aromatic N) is 2. The highest BCUT2D eigenvalue weighted by Gasteiger charge is 2.19. The molecule has 1 aromatic carbocycles. The molecule has 6 heteroatoms. The molecule has 0 unspecified atom stereocenters. The third-order valence-corrected chi connectivity index (χ3v) is 4.56. The van der Waals surface area contributed by atoms with E-state index in [-0.39, 0.29) is 12.6 Å². The molecule has 0 radical (unpaired) electrons. The molecule has 24 heavy (non-hydrogen) atoms. The van der Waals surface area contributed by atoms with Crippen LogP contribution < -0.4 is 10.6 Å². The molecule has 0 bridgehead atoms. The first-order valence-electron chi connectivity index (χ1n) is 8.54. The quantitative estimate of drug-likeness (QED) is 0.788. The zero-order valence-electron chi connectivity index (χ0n) is 13.7. The number of benzene rings is 1. The first kappa shape index (κ1) is 16.5. The van der Waals surface area contributed by atoms with Gasteiger partial charge in [-0.05, 0) is 24.0 Å². The van der Waals surface area contributed by atoms with Crippen LogP contribution in [0.2, 0.25) is 0 Å². The van der Waals surface area contributed by atoms with Crippen molar-refractivity contribution in [3.05, 3.63) is 47.7 Å². The lowest BCUT2D eigenvalue weighted by Gasteiger charge is -2.24. The van der Waals surface area contributed by atoms with Gasteiger partial charge in [0.25, 0.3) is 0 Å². The molecule has 0 saturated heterocycles. The van der Waals surface area contributed by atoms with E-state index in [4.69, 9.17) is 0 Å². The predicted molar refractivity (Wildman–Crippen MR) is 92.6 cm³/mol. The Kier molecular flexibility index (Phi) is 5.48. The van der Waals surface area contributed by atoms with Crippen molar-refractivity contribution in [3.63, 3.8) is 0 Å². The summed E-state index contributed by atoms with van der Waals surface area (Å²) in [5, 5.41) is 19.4. The number of aliphatic hydroxyl groups excluding tert-OH is 1. The summed E-state index contributed by atoms with van der Waals surface area (Å²) in [6.45, 7) is 0.341. The third kappa shape index (κ3) is 3.94. The number of urea groups is 1. The molecule has 128 valence electrons. The highest BCUT2D eigenvalue weighted by Crippen LogP contribution is 2.29. The van der Waals surface area contributed by atoms with Gasteiger partial charge in [-0.2, -0.15) is 5.10 Å². The summed E-state index contributed by atoms with van der Waals surface area (Å²) >= 11 is 0. The van der Waals surface area contributed by atoms with Gasteiger partial charge >= 0.3 is 6.03 Å². The van der Waals surface area contributed by atoms with Gasteiger partial charge in [-0.15, -0.1) is 0 Å². The van der Waals surface area contributed by atoms with Crippen molar-refractivity contribution >= 4 is 11.8 Å². The number of aliphatic hydroxyl groups is 1. The van der Waals surface area contributed by atoms with E-state index in [1.54, 1.807) is 6.20 Å². The number of anilines is 1. The predicted octanol–water partition coefficient (Wildman–Crippen LogP) is 3.20. The molecular formula is C18H24N4O2. The van der Waals surface area contributed by atoms with Gasteiger partial charge in [0.05, 0.1) is 18.8 Å². The van der Waals surface area contributed by atoms with E-state index in [0.29, 0.717) is 12.6 Å². The summed E-state index contributed by atoms with van der Waals surface area (Å²) in [6.07, 6.45) is 7.67. The lowest BCUT2D eigenvalue weighted by molar-refractivity contribution is 0.250. The number of carbonyl (C=O) groups is 1. The molecule has 0 spiro atoms. The second-order valence-electron chi connectivity index (χ2n) is 6.19. The summed E-state index contributed by atoms with van der Waals surface area (Å²) in [5.41, 5.74) is 1.74. The van der Waals surface area contributed by atoms with Gasteiger partial charge in [-0.1, -0.05) is 43.5 Å². The lowest BCUT2D eigenvalue weighted by atomic mass is 9.96. The van der Waals surface area contributed by atoms with E-state index in [2.05, 4.69) is 15.7 Å². The standard InChI is InChI=1S/C18H24N4O2/c23-13-15-7-5-4-6-14(15)12-19-18(24)21-17-10-11-20-22(17)16-8-2-1-3-9-16/h4-7,10-11,16,23H,1-3,8-9,12-13H2,(H2,19,21,24). The minimum atomic E-state index is -0.264. The Labute approximate surface area is 141 Å². The average Bonchev–Trinajstić information content (AvgIpc) is 3.09. The van der Waals surface area contributed by atoms with Gasteiger partial charge in [0, 0.05) is 12.6 Å². The molecule has 1 aromatic heterocycles. The molecule has 2 amide bonds. The van der Waals surface area contributed by atoms with E-state index in [9.17, 15) is 9.90 Å². The number of rotatable bonds is 5. The van der Waals surface area contributed by atoms with Crippen molar-refractivity contribution in [1.82, 2.24) is 15.1 Å². The highest BCUT2D eigenvalue weighted by atomic mass is 16.3. The molecule has 1 fully saturated rings. The van der Waals surface area contributed by atoms with Crippen molar-refractivity contribution in [2.24, 2.45) is 0 Å². The van der Waals surface area contributed by atoms with Crippen LogP contribution in [-0.4, -0.2) is 20.9 Å². The molecule has 1 heterocycles. The van der Waals surface area contributed by atoms with Crippen molar-refractivity contribution in [3.8, 4) is 0 Å². The minimum absolute atomic E-state index is 0.0338.